The van der Waals surface area contributed by atoms with Gasteiger partial charge in [0.25, 0.3) is 13.4 Å². The Morgan fingerprint density at radius 2 is 0.722 bits per heavy atom. The average molecular weight is 687 g/mol. The molecule has 54 heavy (non-hydrogen) atoms. The lowest BCUT2D eigenvalue weighted by Gasteiger charge is -2.46. The first kappa shape index (κ1) is 29.6. The molecule has 0 aromatic heterocycles. The van der Waals surface area contributed by atoms with Crippen molar-refractivity contribution in [2.45, 2.75) is 0 Å². The summed E-state index contributed by atoms with van der Waals surface area (Å²) in [5, 5.41) is 0. The van der Waals surface area contributed by atoms with Gasteiger partial charge in [-0.3, -0.25) is 0 Å². The standard InChI is InChI=1S/C48H31B2N3O/c1-4-16-32(17-5-1)51-39-24-12-10-22-35(39)49-37-30-38-44(31-43(37)52(33-18-6-2-7-19-33)41-26-14-25-40(51)47(41)49)53(34-20-8-3-9-21-34)42-27-15-29-46-48(42)50(38)36-23-11-13-28-45(36)54-46/h1-31H. The number of rotatable bonds is 3. The maximum atomic E-state index is 6.68. The van der Waals surface area contributed by atoms with Gasteiger partial charge < -0.3 is 19.4 Å². The van der Waals surface area contributed by atoms with Gasteiger partial charge in [0.05, 0.1) is 0 Å². The van der Waals surface area contributed by atoms with Crippen molar-refractivity contribution in [1.82, 2.24) is 0 Å². The van der Waals surface area contributed by atoms with Crippen LogP contribution in [0.15, 0.2) is 188 Å². The molecule has 12 rings (SSSR count). The summed E-state index contributed by atoms with van der Waals surface area (Å²) in [6.45, 7) is 0.0207. The molecule has 6 heteroatoms. The smallest absolute Gasteiger partial charge is 0.256 e. The zero-order valence-electron chi connectivity index (χ0n) is 29.3. The minimum atomic E-state index is 0.00267. The number of fused-ring (bicyclic) bond motifs is 8. The van der Waals surface area contributed by atoms with Crippen molar-refractivity contribution in [3.8, 4) is 11.5 Å². The molecule has 8 aromatic carbocycles. The molecule has 8 aromatic rings. The zero-order valence-corrected chi connectivity index (χ0v) is 29.3. The van der Waals surface area contributed by atoms with Crippen molar-refractivity contribution in [2.24, 2.45) is 0 Å². The van der Waals surface area contributed by atoms with Gasteiger partial charge in [-0.25, -0.2) is 0 Å². The molecule has 0 aliphatic carbocycles. The number of para-hydroxylation sites is 5. The van der Waals surface area contributed by atoms with Crippen LogP contribution >= 0.6 is 0 Å². The van der Waals surface area contributed by atoms with E-state index in [0.29, 0.717) is 0 Å². The molecule has 4 aliphatic rings. The molecule has 0 amide bonds. The summed E-state index contributed by atoms with van der Waals surface area (Å²) in [7, 11) is 0. The predicted octanol–water partition coefficient (Wildman–Crippen LogP) is 8.17. The van der Waals surface area contributed by atoms with E-state index >= 15 is 0 Å². The van der Waals surface area contributed by atoms with Gasteiger partial charge in [-0.15, -0.1) is 0 Å². The highest BCUT2D eigenvalue weighted by molar-refractivity contribution is 7.02. The van der Waals surface area contributed by atoms with Crippen LogP contribution in [0.1, 0.15) is 0 Å². The highest BCUT2D eigenvalue weighted by Crippen LogP contribution is 2.47. The van der Waals surface area contributed by atoms with E-state index in [1.165, 1.54) is 61.2 Å². The highest BCUT2D eigenvalue weighted by atomic mass is 16.5. The molecular weight excluding hydrogens is 656 g/mol. The lowest BCUT2D eigenvalue weighted by molar-refractivity contribution is 0.487. The fraction of sp³-hybridized carbons (Fsp3) is 0. The lowest BCUT2D eigenvalue weighted by atomic mass is 9.30. The van der Waals surface area contributed by atoms with Gasteiger partial charge in [0.15, 0.2) is 0 Å². The molecule has 0 saturated carbocycles. The van der Waals surface area contributed by atoms with Crippen LogP contribution in [-0.4, -0.2) is 13.4 Å². The minimum Gasteiger partial charge on any atom is -0.458 e. The van der Waals surface area contributed by atoms with Crippen molar-refractivity contribution in [3.63, 3.8) is 0 Å². The molecule has 0 atom stereocenters. The molecule has 0 fully saturated rings. The second-order valence-electron chi connectivity index (χ2n) is 14.4. The van der Waals surface area contributed by atoms with Crippen LogP contribution in [0.25, 0.3) is 0 Å². The van der Waals surface area contributed by atoms with Crippen LogP contribution in [0.3, 0.4) is 0 Å². The first-order valence-electron chi connectivity index (χ1n) is 18.7. The topological polar surface area (TPSA) is 19.0 Å². The molecule has 0 bridgehead atoms. The van der Waals surface area contributed by atoms with Crippen LogP contribution in [-0.2, 0) is 0 Å². The normalized spacial score (nSPS) is 13.9. The Labute approximate surface area is 315 Å². The molecule has 0 saturated heterocycles. The molecule has 0 radical (unpaired) electrons. The quantitative estimate of drug-likeness (QED) is 0.175. The summed E-state index contributed by atoms with van der Waals surface area (Å²) in [5.41, 5.74) is 18.2. The van der Waals surface area contributed by atoms with Gasteiger partial charge in [-0.2, -0.15) is 0 Å². The van der Waals surface area contributed by atoms with Crippen molar-refractivity contribution in [1.29, 1.82) is 0 Å². The number of nitrogens with zero attached hydrogens (tertiary/aromatic N) is 3. The third-order valence-corrected chi connectivity index (χ3v) is 11.7. The summed E-state index contributed by atoms with van der Waals surface area (Å²) >= 11 is 0. The van der Waals surface area contributed by atoms with Gasteiger partial charge >= 0.3 is 0 Å². The van der Waals surface area contributed by atoms with E-state index in [-0.39, 0.29) is 13.4 Å². The Kier molecular flexibility index (Phi) is 6.20. The van der Waals surface area contributed by atoms with E-state index < -0.39 is 0 Å². The van der Waals surface area contributed by atoms with E-state index in [4.69, 9.17) is 4.74 Å². The third kappa shape index (κ3) is 4.05. The summed E-state index contributed by atoms with van der Waals surface area (Å²) in [6, 6.07) is 68.4. The Morgan fingerprint density at radius 1 is 0.296 bits per heavy atom. The van der Waals surface area contributed by atoms with E-state index in [0.717, 1.165) is 34.2 Å². The van der Waals surface area contributed by atoms with Gasteiger partial charge in [0.1, 0.15) is 11.5 Å². The maximum absolute atomic E-state index is 6.68. The molecule has 4 heterocycles. The molecule has 250 valence electrons. The molecule has 0 N–H and O–H groups in total. The number of benzene rings is 8. The fourth-order valence-corrected chi connectivity index (χ4v) is 9.57. The van der Waals surface area contributed by atoms with Gasteiger partial charge in [-0.1, -0.05) is 109 Å². The number of anilines is 9. The number of hydrogen-bond donors (Lipinski definition) is 0. The van der Waals surface area contributed by atoms with E-state index in [1.54, 1.807) is 0 Å². The monoisotopic (exact) mass is 687 g/mol. The summed E-state index contributed by atoms with van der Waals surface area (Å²) in [5.74, 6) is 1.84. The number of hydrogen-bond acceptors (Lipinski definition) is 4. The van der Waals surface area contributed by atoms with Gasteiger partial charge in [0.2, 0.25) is 0 Å². The Bertz CT molecular complexity index is 2790. The molecule has 4 nitrogen and oxygen atoms in total. The van der Waals surface area contributed by atoms with Crippen molar-refractivity contribution < 1.29 is 4.74 Å². The van der Waals surface area contributed by atoms with Gasteiger partial charge in [0, 0.05) is 51.2 Å². The van der Waals surface area contributed by atoms with E-state index in [2.05, 4.69) is 203 Å². The average Bonchev–Trinajstić information content (AvgIpc) is 3.24. The van der Waals surface area contributed by atoms with Crippen molar-refractivity contribution in [2.75, 3.05) is 14.7 Å². The van der Waals surface area contributed by atoms with Crippen molar-refractivity contribution >= 4 is 97.4 Å². The van der Waals surface area contributed by atoms with Crippen LogP contribution in [0.4, 0.5) is 51.2 Å². The Hall–Kier alpha value is -6.91. The third-order valence-electron chi connectivity index (χ3n) is 11.7. The van der Waals surface area contributed by atoms with Crippen LogP contribution in [0.5, 0.6) is 11.5 Å². The van der Waals surface area contributed by atoms with E-state index in [9.17, 15) is 0 Å². The second kappa shape index (κ2) is 11.3. The van der Waals surface area contributed by atoms with Gasteiger partial charge in [-0.05, 0) is 112 Å². The molecule has 0 spiro atoms. The Morgan fingerprint density at radius 3 is 1.33 bits per heavy atom. The van der Waals surface area contributed by atoms with Crippen LogP contribution < -0.4 is 52.2 Å². The number of ether oxygens (including phenoxy) is 1. The largest absolute Gasteiger partial charge is 0.458 e. The zero-order chi connectivity index (χ0) is 35.3. The second-order valence-corrected chi connectivity index (χ2v) is 14.4. The van der Waals surface area contributed by atoms with Crippen LogP contribution in [0, 0.1) is 0 Å². The fourth-order valence-electron chi connectivity index (χ4n) is 9.57. The van der Waals surface area contributed by atoms with Crippen molar-refractivity contribution in [3.05, 3.63) is 188 Å². The highest BCUT2D eigenvalue weighted by Gasteiger charge is 2.47. The molecule has 4 aliphatic heterocycles. The summed E-state index contributed by atoms with van der Waals surface area (Å²) < 4.78 is 6.68. The minimum absolute atomic E-state index is 0.00267. The predicted molar refractivity (Wildman–Crippen MR) is 226 cm³/mol. The lowest BCUT2D eigenvalue weighted by Crippen LogP contribution is -2.64. The summed E-state index contributed by atoms with van der Waals surface area (Å²) in [4.78, 5) is 7.39. The molecule has 0 unspecified atom stereocenters. The van der Waals surface area contributed by atoms with Crippen LogP contribution in [0.2, 0.25) is 0 Å². The first-order chi connectivity index (χ1) is 26.8. The maximum Gasteiger partial charge on any atom is 0.256 e. The van der Waals surface area contributed by atoms with E-state index in [1.807, 2.05) is 0 Å². The molecular formula is C48H31B2N3O. The summed E-state index contributed by atoms with van der Waals surface area (Å²) in [6.07, 6.45) is 0. The first-order valence-corrected chi connectivity index (χ1v) is 18.7. The Balaban J connectivity index is 1.20. The SMILES string of the molecule is c1ccc(N2c3cc4c(cc3B3c5ccccc5Oc5cccc2c53)B2c3ccccc3N(c3ccccc3)c3cccc(c32)N4c2ccccc2)cc1.